The molecule has 3 rings (SSSR count). The molecule has 0 saturated carbocycles. The second-order valence-corrected chi connectivity index (χ2v) is 7.54. The number of benzene rings is 1. The van der Waals surface area contributed by atoms with Crippen molar-refractivity contribution in [1.82, 2.24) is 10.6 Å². The van der Waals surface area contributed by atoms with Crippen LogP contribution in [0.4, 0.5) is 5.69 Å². The second-order valence-electron chi connectivity index (χ2n) is 6.68. The van der Waals surface area contributed by atoms with Crippen LogP contribution in [0.3, 0.4) is 0 Å². The van der Waals surface area contributed by atoms with E-state index in [9.17, 15) is 4.79 Å². The average molecular weight is 453 g/mol. The zero-order chi connectivity index (χ0) is 16.1. The van der Waals surface area contributed by atoms with Gasteiger partial charge in [0.15, 0.2) is 0 Å². The maximum Gasteiger partial charge on any atom is 0.220 e. The molecule has 7 heteroatoms. The molecule has 1 aromatic carbocycles. The summed E-state index contributed by atoms with van der Waals surface area (Å²) >= 11 is 3.61. The number of halogens is 3. The highest BCUT2D eigenvalue weighted by molar-refractivity contribution is 9.10. The number of hydrogen-bond acceptors (Lipinski definition) is 3. The van der Waals surface area contributed by atoms with Gasteiger partial charge in [0.2, 0.25) is 5.91 Å². The van der Waals surface area contributed by atoms with E-state index >= 15 is 0 Å². The lowest BCUT2D eigenvalue weighted by molar-refractivity contribution is -0.122. The van der Waals surface area contributed by atoms with Crippen LogP contribution < -0.4 is 15.5 Å². The van der Waals surface area contributed by atoms with Crippen molar-refractivity contribution in [2.45, 2.75) is 38.1 Å². The summed E-state index contributed by atoms with van der Waals surface area (Å²) in [7, 11) is 0. The summed E-state index contributed by atoms with van der Waals surface area (Å²) < 4.78 is 1.12. The van der Waals surface area contributed by atoms with E-state index in [4.69, 9.17) is 0 Å². The minimum absolute atomic E-state index is 0. The fraction of sp³-hybridized carbons (Fsp3) is 0.611. The van der Waals surface area contributed by atoms with Gasteiger partial charge in [-0.15, -0.1) is 24.8 Å². The summed E-state index contributed by atoms with van der Waals surface area (Å²) in [5.41, 5.74) is 1.22. The highest BCUT2D eigenvalue weighted by Gasteiger charge is 2.25. The average Bonchev–Trinajstić information content (AvgIpc) is 3.02. The van der Waals surface area contributed by atoms with Crippen molar-refractivity contribution in [3.8, 4) is 0 Å². The molecule has 4 nitrogen and oxygen atoms in total. The first-order chi connectivity index (χ1) is 11.2. The molecular weight excluding hydrogens is 425 g/mol. The number of rotatable bonds is 5. The Labute approximate surface area is 171 Å². The Hall–Kier alpha value is -0.490. The topological polar surface area (TPSA) is 44.4 Å². The van der Waals surface area contributed by atoms with Crippen LogP contribution in [-0.4, -0.2) is 38.1 Å². The zero-order valence-electron chi connectivity index (χ0n) is 14.4. The fourth-order valence-electron chi connectivity index (χ4n) is 3.61. The number of anilines is 1. The zero-order valence-corrected chi connectivity index (χ0v) is 17.6. The Morgan fingerprint density at radius 1 is 1.20 bits per heavy atom. The lowest BCUT2D eigenvalue weighted by Crippen LogP contribution is -2.37. The van der Waals surface area contributed by atoms with E-state index in [0.29, 0.717) is 6.42 Å². The molecular formula is C18H28BrCl2N3O. The van der Waals surface area contributed by atoms with E-state index in [-0.39, 0.29) is 36.8 Å². The standard InChI is InChI=1S/C18H26BrN3O.2ClH/c19-16-3-1-2-4-17(16)22-12-9-15(13-22)21-18(23)6-5-14-7-10-20-11-8-14;;/h1-4,14-15,20H,5-13H2,(H,21,23);2*1H. The van der Waals surface area contributed by atoms with E-state index in [0.717, 1.165) is 49.4 Å². The molecule has 2 N–H and O–H groups in total. The summed E-state index contributed by atoms with van der Waals surface area (Å²) in [6.45, 7) is 4.12. The van der Waals surface area contributed by atoms with Gasteiger partial charge in [0.05, 0.1) is 5.69 Å². The van der Waals surface area contributed by atoms with Crippen LogP contribution in [-0.2, 0) is 4.79 Å². The number of amides is 1. The third-order valence-electron chi connectivity index (χ3n) is 4.98. The van der Waals surface area contributed by atoms with E-state index in [1.54, 1.807) is 0 Å². The van der Waals surface area contributed by atoms with Crippen molar-refractivity contribution in [3.05, 3.63) is 28.7 Å². The third-order valence-corrected chi connectivity index (χ3v) is 5.66. The summed E-state index contributed by atoms with van der Waals surface area (Å²) in [4.78, 5) is 14.5. The van der Waals surface area contributed by atoms with Crippen LogP contribution in [0.15, 0.2) is 28.7 Å². The number of carbonyl (C=O) groups is 1. The van der Waals surface area contributed by atoms with E-state index in [2.05, 4.69) is 49.7 Å². The van der Waals surface area contributed by atoms with Gasteiger partial charge in [-0.3, -0.25) is 4.79 Å². The van der Waals surface area contributed by atoms with Gasteiger partial charge in [0, 0.05) is 30.0 Å². The first-order valence-electron chi connectivity index (χ1n) is 8.72. The van der Waals surface area contributed by atoms with Crippen molar-refractivity contribution in [1.29, 1.82) is 0 Å². The molecule has 1 atom stereocenters. The molecule has 1 unspecified atom stereocenters. The number of hydrogen-bond donors (Lipinski definition) is 2. The van der Waals surface area contributed by atoms with Gasteiger partial charge in [-0.05, 0) is 72.8 Å². The molecule has 2 heterocycles. The minimum Gasteiger partial charge on any atom is -0.368 e. The summed E-state index contributed by atoms with van der Waals surface area (Å²) in [5.74, 6) is 0.949. The Balaban J connectivity index is 0.00000156. The number of nitrogens with zero attached hydrogens (tertiary/aromatic N) is 1. The monoisotopic (exact) mass is 451 g/mol. The number of para-hydroxylation sites is 1. The third kappa shape index (κ3) is 6.63. The van der Waals surface area contributed by atoms with Gasteiger partial charge in [0.25, 0.3) is 0 Å². The summed E-state index contributed by atoms with van der Waals surface area (Å²) in [6.07, 6.45) is 5.17. The predicted octanol–water partition coefficient (Wildman–Crippen LogP) is 3.77. The molecule has 25 heavy (non-hydrogen) atoms. The van der Waals surface area contributed by atoms with Crippen molar-refractivity contribution in [2.24, 2.45) is 5.92 Å². The number of piperidine rings is 1. The Kier molecular flexibility index (Phi) is 10.2. The highest BCUT2D eigenvalue weighted by atomic mass is 79.9. The maximum absolute atomic E-state index is 12.2. The first-order valence-corrected chi connectivity index (χ1v) is 9.51. The first kappa shape index (κ1) is 22.6. The molecule has 0 bridgehead atoms. The molecule has 0 aromatic heterocycles. The van der Waals surface area contributed by atoms with Crippen LogP contribution in [0.5, 0.6) is 0 Å². The Morgan fingerprint density at radius 2 is 1.92 bits per heavy atom. The SMILES string of the molecule is Cl.Cl.O=C(CCC1CCNCC1)NC1CCN(c2ccccc2Br)C1. The normalized spacial score (nSPS) is 20.5. The fourth-order valence-corrected chi connectivity index (χ4v) is 4.15. The van der Waals surface area contributed by atoms with Crippen LogP contribution in [0.1, 0.15) is 32.1 Å². The number of nitrogens with one attached hydrogen (secondary N) is 2. The van der Waals surface area contributed by atoms with E-state index in [1.165, 1.54) is 18.5 Å². The largest absolute Gasteiger partial charge is 0.368 e. The van der Waals surface area contributed by atoms with Gasteiger partial charge in [0.1, 0.15) is 0 Å². The van der Waals surface area contributed by atoms with Gasteiger partial charge < -0.3 is 15.5 Å². The second kappa shape index (κ2) is 11.3. The molecule has 0 spiro atoms. The lowest BCUT2D eigenvalue weighted by atomic mass is 9.93. The molecule has 2 saturated heterocycles. The molecule has 0 radical (unpaired) electrons. The maximum atomic E-state index is 12.2. The predicted molar refractivity (Wildman–Crippen MR) is 112 cm³/mol. The smallest absolute Gasteiger partial charge is 0.220 e. The molecule has 142 valence electrons. The van der Waals surface area contributed by atoms with Crippen molar-refractivity contribution in [2.75, 3.05) is 31.1 Å². The Morgan fingerprint density at radius 3 is 2.64 bits per heavy atom. The number of carbonyl (C=O) groups excluding carboxylic acids is 1. The molecule has 1 amide bonds. The van der Waals surface area contributed by atoms with Gasteiger partial charge in [-0.2, -0.15) is 0 Å². The van der Waals surface area contributed by atoms with Crippen LogP contribution in [0, 0.1) is 5.92 Å². The quantitative estimate of drug-likeness (QED) is 0.714. The van der Waals surface area contributed by atoms with Crippen molar-refractivity contribution in [3.63, 3.8) is 0 Å². The van der Waals surface area contributed by atoms with E-state index in [1.807, 2.05) is 6.07 Å². The molecule has 0 aliphatic carbocycles. The summed E-state index contributed by atoms with van der Waals surface area (Å²) in [6, 6.07) is 8.57. The molecule has 2 fully saturated rings. The molecule has 2 aliphatic heterocycles. The Bertz CT molecular complexity index is 541. The van der Waals surface area contributed by atoms with Crippen molar-refractivity contribution >= 4 is 52.3 Å². The minimum atomic E-state index is 0. The van der Waals surface area contributed by atoms with Gasteiger partial charge in [-0.25, -0.2) is 0 Å². The highest BCUT2D eigenvalue weighted by Crippen LogP contribution is 2.28. The lowest BCUT2D eigenvalue weighted by Gasteiger charge is -2.23. The molecule has 1 aromatic rings. The van der Waals surface area contributed by atoms with Crippen molar-refractivity contribution < 1.29 is 4.79 Å². The summed E-state index contributed by atoms with van der Waals surface area (Å²) in [5, 5.41) is 6.60. The van der Waals surface area contributed by atoms with Crippen LogP contribution in [0.25, 0.3) is 0 Å². The molecule has 2 aliphatic rings. The van der Waals surface area contributed by atoms with Gasteiger partial charge in [-0.1, -0.05) is 12.1 Å². The van der Waals surface area contributed by atoms with Gasteiger partial charge >= 0.3 is 0 Å². The van der Waals surface area contributed by atoms with Crippen LogP contribution >= 0.6 is 40.7 Å². The van der Waals surface area contributed by atoms with E-state index < -0.39 is 0 Å². The van der Waals surface area contributed by atoms with Crippen LogP contribution in [0.2, 0.25) is 0 Å².